The first-order valence-corrected chi connectivity index (χ1v) is 6.77. The summed E-state index contributed by atoms with van der Waals surface area (Å²) in [6, 6.07) is 0. The van der Waals surface area contributed by atoms with Crippen molar-refractivity contribution in [2.45, 2.75) is 0 Å². The van der Waals surface area contributed by atoms with Gasteiger partial charge in [-0.15, -0.1) is 0 Å². The molecule has 0 bridgehead atoms. The summed E-state index contributed by atoms with van der Waals surface area (Å²) in [4.78, 5) is 0. The molecule has 0 N–H and O–H groups in total. The van der Waals surface area contributed by atoms with E-state index in [9.17, 15) is 0 Å². The van der Waals surface area contributed by atoms with Gasteiger partial charge in [0.2, 0.25) is 0 Å². The topological polar surface area (TPSA) is 172 Å². The van der Waals surface area contributed by atoms with Crippen molar-refractivity contribution >= 4 is 0 Å². The van der Waals surface area contributed by atoms with Gasteiger partial charge in [0.05, 0.1) is 0 Å². The quantitative estimate of drug-likeness (QED) is 0.233. The third kappa shape index (κ3) is 206. The minimum atomic E-state index is -3.94. The smallest absolute Gasteiger partial charge is 3.00 e. The standard InChI is InChI=1S/3Gd.3La.9O.3V.Y/q;;;;;;;;;;;;3*-1;;;;+3. The Kier molecular flexibility index (Phi) is 187. The zero-order valence-corrected chi connectivity index (χ0v) is 33.1. The van der Waals surface area contributed by atoms with Crippen LogP contribution < -0.4 is 12.1 Å². The predicted molar refractivity (Wildman–Crippen MR) is 4.12 cm³/mol. The minimum absolute atomic E-state index is 0. The second kappa shape index (κ2) is 56.3. The SMILES string of the molecule is [Gd].[Gd].[Gd].[La].[La].[La].[O]=[V](=[O])[O-].[O]=[V](=[O])[O-].[O]=[V](=[O])[O-].[Y+3]. The van der Waals surface area contributed by atoms with E-state index in [2.05, 4.69) is 0 Å². The summed E-state index contributed by atoms with van der Waals surface area (Å²) >= 11 is -11.8. The summed E-state index contributed by atoms with van der Waals surface area (Å²) in [6.45, 7) is 0. The van der Waals surface area contributed by atoms with Crippen LogP contribution in [0.2, 0.25) is 0 Å². The molecule has 0 aromatic rings. The van der Waals surface area contributed by atoms with Crippen molar-refractivity contribution in [2.75, 3.05) is 0 Å². The van der Waals surface area contributed by atoms with Crippen molar-refractivity contribution < 1.29 is 340 Å². The first-order chi connectivity index (χ1) is 5.20. The van der Waals surface area contributed by atoms with E-state index in [1.807, 2.05) is 0 Å². The second-order valence-corrected chi connectivity index (χ2v) is 2.77. The third-order valence-corrected chi connectivity index (χ3v) is 0. The van der Waals surface area contributed by atoms with Gasteiger partial charge in [0, 0.05) is 227 Å². The van der Waals surface area contributed by atoms with Crippen molar-refractivity contribution in [3.05, 3.63) is 0 Å². The van der Waals surface area contributed by atoms with Gasteiger partial charge in [-0.1, -0.05) is 0 Å². The Balaban J connectivity index is -0.00000000675. The molecule has 0 amide bonds. The van der Waals surface area contributed by atoms with Crippen LogP contribution in [-0.4, -0.2) is 0 Å². The molecule has 19 heavy (non-hydrogen) atoms. The van der Waals surface area contributed by atoms with Gasteiger partial charge in [0.25, 0.3) is 0 Å². The van der Waals surface area contributed by atoms with Gasteiger partial charge >= 0.3 is 113 Å². The molecule has 0 rings (SSSR count). The van der Waals surface area contributed by atoms with Gasteiger partial charge in [-0.25, -0.2) is 0 Å². The Morgan fingerprint density at radius 1 is 0.474 bits per heavy atom. The third-order valence-electron chi connectivity index (χ3n) is 0. The Morgan fingerprint density at radius 2 is 0.474 bits per heavy atom. The molecule has 0 saturated carbocycles. The molecule has 0 heterocycles. The summed E-state index contributed by atoms with van der Waals surface area (Å²) in [6.07, 6.45) is 0. The van der Waals surface area contributed by atoms with Crippen LogP contribution in [0, 0.1) is 227 Å². The normalized spacial score (nSPS) is 3.95. The molecular formula is Gd3La3O9V3Y. The van der Waals surface area contributed by atoms with E-state index in [1.54, 1.807) is 0 Å². The number of rotatable bonds is 0. The van der Waals surface area contributed by atoms with Gasteiger partial charge in [0.1, 0.15) is 0 Å². The van der Waals surface area contributed by atoms with E-state index in [-0.39, 0.29) is 259 Å². The molecule has 9 nitrogen and oxygen atoms in total. The maximum absolute atomic E-state index is 8.56. The van der Waals surface area contributed by atoms with Crippen molar-refractivity contribution in [3.8, 4) is 0 Å². The molecule has 19 heteroatoms. The molecule has 0 atom stereocenters. The molecule has 0 unspecified atom stereocenters. The zero-order chi connectivity index (χ0) is 10.7. The molecule has 0 saturated heterocycles. The molecule has 0 aliphatic rings. The molecule has 0 fully saturated rings. The summed E-state index contributed by atoms with van der Waals surface area (Å²) < 4.78 is 77.1. The average molecular weight is 1270 g/mol. The fourth-order valence-electron chi connectivity index (χ4n) is 0. The summed E-state index contributed by atoms with van der Waals surface area (Å²) in [5, 5.41) is 0. The summed E-state index contributed by atoms with van der Waals surface area (Å²) in [5.74, 6) is 0. The van der Waals surface area contributed by atoms with Crippen LogP contribution in [0.1, 0.15) is 0 Å². The molecule has 0 aliphatic heterocycles. The van der Waals surface area contributed by atoms with Crippen LogP contribution in [0.4, 0.5) is 0 Å². The van der Waals surface area contributed by atoms with E-state index in [4.69, 9.17) is 34.1 Å². The molecular weight excluding hydrogens is 1270 g/mol. The van der Waals surface area contributed by atoms with Gasteiger partial charge < -0.3 is 0 Å². The second-order valence-electron chi connectivity index (χ2n) is 0.671. The molecule has 0 aromatic carbocycles. The maximum atomic E-state index is 8.56. The Bertz CT molecular complexity index is 231. The average Bonchev–Trinajstić information content (AvgIpc) is 1.54. The van der Waals surface area contributed by atoms with Crippen molar-refractivity contribution in [3.63, 3.8) is 0 Å². The van der Waals surface area contributed by atoms with Gasteiger partial charge in [-0.3, -0.25) is 0 Å². The van der Waals surface area contributed by atoms with E-state index >= 15 is 0 Å². The maximum Gasteiger partial charge on any atom is 3.00 e. The van der Waals surface area contributed by atoms with E-state index in [0.29, 0.717) is 0 Å². The number of hydrogen-bond acceptors (Lipinski definition) is 9. The monoisotopic (exact) mass is 1280 g/mol. The Morgan fingerprint density at radius 3 is 0.474 bits per heavy atom. The number of hydrogen-bond donors (Lipinski definition) is 0. The molecule has 105 valence electrons. The summed E-state index contributed by atoms with van der Waals surface area (Å²) in [5.41, 5.74) is 0. The Hall–Kier alpha value is 9.10. The predicted octanol–water partition coefficient (Wildman–Crippen LogP) is -4.29. The zero-order valence-electron chi connectivity index (χ0n) is 8.39. The van der Waals surface area contributed by atoms with Crippen LogP contribution >= 0.6 is 0 Å². The van der Waals surface area contributed by atoms with Crippen LogP contribution in [0.25, 0.3) is 0 Å². The largest absolute Gasteiger partial charge is 3.00 e. The van der Waals surface area contributed by atoms with Gasteiger partial charge in [-0.05, 0) is 0 Å². The first kappa shape index (κ1) is 63.0. The first-order valence-electron chi connectivity index (χ1n) is 1.64. The fourth-order valence-corrected chi connectivity index (χ4v) is 0. The minimum Gasteiger partial charge on any atom is 3.00 e. The summed E-state index contributed by atoms with van der Waals surface area (Å²) in [7, 11) is 0. The molecule has 0 spiro atoms. The van der Waals surface area contributed by atoms with E-state index in [0.717, 1.165) is 0 Å². The fraction of sp³-hybridized carbons (Fsp3) is 0. The van der Waals surface area contributed by atoms with Crippen LogP contribution in [0.15, 0.2) is 0 Å². The van der Waals surface area contributed by atoms with Crippen molar-refractivity contribution in [1.29, 1.82) is 0 Å². The van der Waals surface area contributed by atoms with Crippen LogP contribution in [0.3, 0.4) is 0 Å². The van der Waals surface area contributed by atoms with Gasteiger partial charge in [0.15, 0.2) is 0 Å². The molecule has 0 aliphatic carbocycles. The van der Waals surface area contributed by atoms with E-state index in [1.165, 1.54) is 0 Å². The van der Waals surface area contributed by atoms with Crippen LogP contribution in [-0.2, 0) is 101 Å². The van der Waals surface area contributed by atoms with E-state index < -0.39 is 46.2 Å². The van der Waals surface area contributed by atoms with Crippen molar-refractivity contribution in [2.24, 2.45) is 0 Å². The molecule has 3 radical (unpaired) electrons. The van der Waals surface area contributed by atoms with Gasteiger partial charge in [-0.2, -0.15) is 0 Å². The van der Waals surface area contributed by atoms with Crippen molar-refractivity contribution in [1.82, 2.24) is 0 Å². The van der Waals surface area contributed by atoms with Crippen LogP contribution in [0.5, 0.6) is 0 Å². The Labute approximate surface area is 328 Å². The molecule has 0 aromatic heterocycles.